The summed E-state index contributed by atoms with van der Waals surface area (Å²) in [5.74, 6) is -1.54. The summed E-state index contributed by atoms with van der Waals surface area (Å²) in [6.07, 6.45) is 0.835. The molecule has 0 aromatic carbocycles. The van der Waals surface area contributed by atoms with E-state index in [0.29, 0.717) is 12.8 Å². The van der Waals surface area contributed by atoms with Crippen molar-refractivity contribution in [3.05, 3.63) is 0 Å². The van der Waals surface area contributed by atoms with Crippen LogP contribution >= 0.6 is 0 Å². The van der Waals surface area contributed by atoms with Crippen LogP contribution in [0.4, 0.5) is 0 Å². The molecular weight excluding hydrogens is 120 g/mol. The van der Waals surface area contributed by atoms with Gasteiger partial charge in [-0.3, -0.25) is 0 Å². The molecule has 0 spiro atoms. The molecular formula is C6H11O3-. The molecule has 3 nitrogen and oxygen atoms in total. The van der Waals surface area contributed by atoms with Gasteiger partial charge in [0.05, 0.1) is 0 Å². The van der Waals surface area contributed by atoms with Gasteiger partial charge in [-0.25, -0.2) is 0 Å². The zero-order valence-electron chi connectivity index (χ0n) is 5.46. The lowest BCUT2D eigenvalue weighted by molar-refractivity contribution is -0.312. The molecule has 0 amide bonds. The lowest BCUT2D eigenvalue weighted by Gasteiger charge is -2.12. The van der Waals surface area contributed by atoms with Crippen molar-refractivity contribution in [2.75, 3.05) is 6.61 Å². The molecule has 0 aromatic heterocycles. The highest BCUT2D eigenvalue weighted by Gasteiger charge is 2.04. The van der Waals surface area contributed by atoms with E-state index in [1.807, 2.05) is 0 Å². The number of carboxylic acid groups (broad SMARTS) is 1. The van der Waals surface area contributed by atoms with E-state index in [2.05, 4.69) is 0 Å². The van der Waals surface area contributed by atoms with E-state index in [-0.39, 0.29) is 6.61 Å². The number of carboxylic acids is 1. The Labute approximate surface area is 54.3 Å². The first-order chi connectivity index (χ1) is 4.22. The van der Waals surface area contributed by atoms with Crippen LogP contribution in [0, 0.1) is 5.92 Å². The third-order valence-corrected chi connectivity index (χ3v) is 1.30. The second kappa shape index (κ2) is 4.32. The van der Waals surface area contributed by atoms with Crippen molar-refractivity contribution in [3.8, 4) is 0 Å². The van der Waals surface area contributed by atoms with Gasteiger partial charge in [0.1, 0.15) is 0 Å². The monoisotopic (exact) mass is 131 g/mol. The van der Waals surface area contributed by atoms with E-state index < -0.39 is 11.9 Å². The maximum atomic E-state index is 10.1. The maximum absolute atomic E-state index is 10.1. The molecule has 1 N–H and O–H groups in total. The van der Waals surface area contributed by atoms with Gasteiger partial charge in [-0.15, -0.1) is 0 Å². The Bertz CT molecular complexity index is 90.3. The third kappa shape index (κ3) is 3.08. The van der Waals surface area contributed by atoms with Crippen LogP contribution in [0.15, 0.2) is 0 Å². The molecule has 0 rings (SSSR count). The Balaban J connectivity index is 3.54. The lowest BCUT2D eigenvalue weighted by Crippen LogP contribution is -2.31. The number of aliphatic hydroxyl groups excluding tert-OH is 1. The maximum Gasteiger partial charge on any atom is 0.0446 e. The van der Waals surface area contributed by atoms with Crippen LogP contribution in [0.5, 0.6) is 0 Å². The molecule has 0 fully saturated rings. The summed E-state index contributed by atoms with van der Waals surface area (Å²) in [5.41, 5.74) is 0. The zero-order chi connectivity index (χ0) is 7.28. The highest BCUT2D eigenvalue weighted by molar-refractivity contribution is 5.67. The number of aliphatic hydroxyl groups is 1. The number of carbonyl (C=O) groups excluding carboxylic acids is 1. The van der Waals surface area contributed by atoms with Crippen molar-refractivity contribution in [2.45, 2.75) is 19.8 Å². The van der Waals surface area contributed by atoms with Gasteiger partial charge in [0.2, 0.25) is 0 Å². The lowest BCUT2D eigenvalue weighted by atomic mass is 10.0. The quantitative estimate of drug-likeness (QED) is 0.540. The van der Waals surface area contributed by atoms with Gasteiger partial charge in [-0.05, 0) is 12.8 Å². The van der Waals surface area contributed by atoms with Crippen LogP contribution in [0.1, 0.15) is 19.8 Å². The van der Waals surface area contributed by atoms with E-state index >= 15 is 0 Å². The average Bonchev–Trinajstić information content (AvgIpc) is 1.82. The van der Waals surface area contributed by atoms with Crippen LogP contribution in [-0.2, 0) is 4.79 Å². The third-order valence-electron chi connectivity index (χ3n) is 1.30. The molecule has 54 valence electrons. The van der Waals surface area contributed by atoms with E-state index in [4.69, 9.17) is 5.11 Å². The summed E-state index contributed by atoms with van der Waals surface area (Å²) in [7, 11) is 0. The molecule has 0 bridgehead atoms. The number of aliphatic carboxylic acids is 1. The molecule has 1 unspecified atom stereocenters. The standard InChI is InChI=1S/C6H12O3/c1-2-5(3-4-7)6(8)9/h5,7H,2-4H2,1H3,(H,8,9)/p-1. The molecule has 0 aromatic rings. The molecule has 3 heteroatoms. The van der Waals surface area contributed by atoms with Gasteiger partial charge < -0.3 is 15.0 Å². The topological polar surface area (TPSA) is 60.4 Å². The van der Waals surface area contributed by atoms with Crippen LogP contribution < -0.4 is 5.11 Å². The van der Waals surface area contributed by atoms with Gasteiger partial charge in [-0.1, -0.05) is 6.92 Å². The first-order valence-electron chi connectivity index (χ1n) is 3.04. The molecule has 1 atom stereocenters. The van der Waals surface area contributed by atoms with Crippen molar-refractivity contribution in [1.82, 2.24) is 0 Å². The summed E-state index contributed by atoms with van der Waals surface area (Å²) < 4.78 is 0. The summed E-state index contributed by atoms with van der Waals surface area (Å²) >= 11 is 0. The highest BCUT2D eigenvalue weighted by Crippen LogP contribution is 2.04. The highest BCUT2D eigenvalue weighted by atomic mass is 16.4. The first-order valence-corrected chi connectivity index (χ1v) is 3.04. The predicted octanol–water partition coefficient (Wildman–Crippen LogP) is -0.855. The van der Waals surface area contributed by atoms with Crippen molar-refractivity contribution in [3.63, 3.8) is 0 Å². The Morgan fingerprint density at radius 2 is 2.33 bits per heavy atom. The summed E-state index contributed by atoms with van der Waals surface area (Å²) in [4.78, 5) is 10.1. The fraction of sp³-hybridized carbons (Fsp3) is 0.833. The van der Waals surface area contributed by atoms with E-state index in [1.165, 1.54) is 0 Å². The molecule has 0 radical (unpaired) electrons. The van der Waals surface area contributed by atoms with Crippen LogP contribution in [-0.4, -0.2) is 17.7 Å². The minimum atomic E-state index is -1.06. The number of hydrogen-bond donors (Lipinski definition) is 1. The predicted molar refractivity (Wildman–Crippen MR) is 30.5 cm³/mol. The molecule has 9 heavy (non-hydrogen) atoms. The minimum Gasteiger partial charge on any atom is -0.550 e. The SMILES string of the molecule is CCC(CCO)C(=O)[O-]. The summed E-state index contributed by atoms with van der Waals surface area (Å²) in [6.45, 7) is 1.68. The van der Waals surface area contributed by atoms with Gasteiger partial charge in [0.25, 0.3) is 0 Å². The van der Waals surface area contributed by atoms with Gasteiger partial charge in [0.15, 0.2) is 0 Å². The summed E-state index contributed by atoms with van der Waals surface area (Å²) in [5, 5.41) is 18.4. The van der Waals surface area contributed by atoms with Crippen LogP contribution in [0.3, 0.4) is 0 Å². The minimum absolute atomic E-state index is 0.0769. The number of rotatable bonds is 4. The molecule has 0 heterocycles. The molecule has 0 aliphatic rings. The smallest absolute Gasteiger partial charge is 0.0446 e. The van der Waals surface area contributed by atoms with Crippen molar-refractivity contribution < 1.29 is 15.0 Å². The first kappa shape index (κ1) is 8.43. The Morgan fingerprint density at radius 3 is 2.44 bits per heavy atom. The average molecular weight is 131 g/mol. The molecule has 0 aliphatic carbocycles. The molecule has 0 saturated carbocycles. The second-order valence-corrected chi connectivity index (χ2v) is 1.94. The van der Waals surface area contributed by atoms with Crippen LogP contribution in [0.2, 0.25) is 0 Å². The van der Waals surface area contributed by atoms with E-state index in [1.54, 1.807) is 6.92 Å². The van der Waals surface area contributed by atoms with Gasteiger partial charge in [-0.2, -0.15) is 0 Å². The second-order valence-electron chi connectivity index (χ2n) is 1.94. The molecule has 0 aliphatic heterocycles. The Morgan fingerprint density at radius 1 is 1.78 bits per heavy atom. The molecule has 0 saturated heterocycles. The summed E-state index contributed by atoms with van der Waals surface area (Å²) in [6, 6.07) is 0. The zero-order valence-corrected chi connectivity index (χ0v) is 5.46. The van der Waals surface area contributed by atoms with E-state index in [9.17, 15) is 9.90 Å². The van der Waals surface area contributed by atoms with Gasteiger partial charge in [0, 0.05) is 18.5 Å². The fourth-order valence-electron chi connectivity index (χ4n) is 0.644. The number of carbonyl (C=O) groups is 1. The van der Waals surface area contributed by atoms with Crippen LogP contribution in [0.25, 0.3) is 0 Å². The number of hydrogen-bond acceptors (Lipinski definition) is 3. The normalized spacial score (nSPS) is 13.1. The van der Waals surface area contributed by atoms with Crippen molar-refractivity contribution in [2.24, 2.45) is 5.92 Å². The van der Waals surface area contributed by atoms with E-state index in [0.717, 1.165) is 0 Å². The van der Waals surface area contributed by atoms with Crippen molar-refractivity contribution in [1.29, 1.82) is 0 Å². The van der Waals surface area contributed by atoms with Crippen molar-refractivity contribution >= 4 is 5.97 Å². The Kier molecular flexibility index (Phi) is 4.05. The fourth-order valence-corrected chi connectivity index (χ4v) is 0.644. The Hall–Kier alpha value is -0.570. The van der Waals surface area contributed by atoms with Gasteiger partial charge >= 0.3 is 0 Å². The largest absolute Gasteiger partial charge is 0.550 e.